The highest BCUT2D eigenvalue weighted by atomic mass is 19.1. The Hall–Kier alpha value is -1.62. The van der Waals surface area contributed by atoms with Gasteiger partial charge in [0.2, 0.25) is 0 Å². The third-order valence-electron chi connectivity index (χ3n) is 4.52. The topological polar surface area (TPSA) is 44.4 Å². The zero-order chi connectivity index (χ0) is 15.5. The minimum atomic E-state index is -0.791. The van der Waals surface area contributed by atoms with Crippen molar-refractivity contribution in [3.63, 3.8) is 0 Å². The highest BCUT2D eigenvalue weighted by Gasteiger charge is 2.25. The SMILES string of the molecule is Cc1ccc(N2CCCC2)c(C(=O)NC[C@@H]2C[C@H](F)CN2)c1. The predicted octanol–water partition coefficient (Wildman–Crippen LogP) is 2.03. The van der Waals surface area contributed by atoms with Crippen LogP contribution in [0.15, 0.2) is 18.2 Å². The van der Waals surface area contributed by atoms with Gasteiger partial charge in [-0.3, -0.25) is 4.79 Å². The fourth-order valence-electron chi connectivity index (χ4n) is 3.30. The molecule has 120 valence electrons. The summed E-state index contributed by atoms with van der Waals surface area (Å²) in [4.78, 5) is 14.8. The van der Waals surface area contributed by atoms with Crippen molar-refractivity contribution in [2.75, 3.05) is 31.1 Å². The monoisotopic (exact) mass is 305 g/mol. The highest BCUT2D eigenvalue weighted by molar-refractivity contribution is 6.00. The van der Waals surface area contributed by atoms with Crippen molar-refractivity contribution in [2.24, 2.45) is 0 Å². The van der Waals surface area contributed by atoms with E-state index >= 15 is 0 Å². The van der Waals surface area contributed by atoms with Crippen LogP contribution in [-0.2, 0) is 0 Å². The number of aryl methyl sites for hydroxylation is 1. The lowest BCUT2D eigenvalue weighted by Crippen LogP contribution is -2.37. The number of nitrogens with zero attached hydrogens (tertiary/aromatic N) is 1. The van der Waals surface area contributed by atoms with Crippen molar-refractivity contribution in [1.29, 1.82) is 0 Å². The molecule has 2 atom stereocenters. The zero-order valence-electron chi connectivity index (χ0n) is 13.1. The van der Waals surface area contributed by atoms with Crippen molar-refractivity contribution >= 4 is 11.6 Å². The van der Waals surface area contributed by atoms with Gasteiger partial charge in [-0.25, -0.2) is 4.39 Å². The van der Waals surface area contributed by atoms with Crippen molar-refractivity contribution in [3.8, 4) is 0 Å². The largest absolute Gasteiger partial charge is 0.371 e. The predicted molar refractivity (Wildman–Crippen MR) is 86.3 cm³/mol. The first-order valence-electron chi connectivity index (χ1n) is 8.15. The van der Waals surface area contributed by atoms with Crippen LogP contribution >= 0.6 is 0 Å². The van der Waals surface area contributed by atoms with Gasteiger partial charge in [-0.05, 0) is 38.3 Å². The van der Waals surface area contributed by atoms with Crippen LogP contribution in [-0.4, -0.2) is 44.3 Å². The number of amides is 1. The zero-order valence-corrected chi connectivity index (χ0v) is 13.1. The molecule has 2 fully saturated rings. The lowest BCUT2D eigenvalue weighted by Gasteiger charge is -2.22. The molecule has 2 aliphatic rings. The van der Waals surface area contributed by atoms with E-state index in [9.17, 15) is 9.18 Å². The number of rotatable bonds is 4. The van der Waals surface area contributed by atoms with E-state index in [0.717, 1.165) is 29.9 Å². The minimum absolute atomic E-state index is 0.0407. The third kappa shape index (κ3) is 3.40. The summed E-state index contributed by atoms with van der Waals surface area (Å²) in [6.45, 7) is 4.89. The number of carbonyl (C=O) groups is 1. The van der Waals surface area contributed by atoms with E-state index in [1.165, 1.54) is 12.8 Å². The van der Waals surface area contributed by atoms with Crippen LogP contribution in [0.25, 0.3) is 0 Å². The van der Waals surface area contributed by atoms with E-state index in [-0.39, 0.29) is 11.9 Å². The number of carbonyl (C=O) groups excluding carboxylic acids is 1. The molecule has 0 aliphatic carbocycles. The summed E-state index contributed by atoms with van der Waals surface area (Å²) in [5.74, 6) is -0.0605. The van der Waals surface area contributed by atoms with Gasteiger partial charge in [-0.2, -0.15) is 0 Å². The lowest BCUT2D eigenvalue weighted by atomic mass is 10.1. The van der Waals surface area contributed by atoms with Gasteiger partial charge >= 0.3 is 0 Å². The normalized spacial score (nSPS) is 24.7. The molecule has 0 unspecified atom stereocenters. The molecule has 0 saturated carbocycles. The summed E-state index contributed by atoms with van der Waals surface area (Å²) < 4.78 is 13.2. The van der Waals surface area contributed by atoms with Crippen LogP contribution in [0.4, 0.5) is 10.1 Å². The van der Waals surface area contributed by atoms with Crippen molar-refractivity contribution < 1.29 is 9.18 Å². The summed E-state index contributed by atoms with van der Waals surface area (Å²) >= 11 is 0. The van der Waals surface area contributed by atoms with Gasteiger partial charge in [-0.15, -0.1) is 0 Å². The van der Waals surface area contributed by atoms with E-state index in [2.05, 4.69) is 21.6 Å². The first-order valence-corrected chi connectivity index (χ1v) is 8.15. The molecular formula is C17H24FN3O. The number of benzene rings is 1. The van der Waals surface area contributed by atoms with Crippen LogP contribution in [0.1, 0.15) is 35.2 Å². The molecule has 1 amide bonds. The molecular weight excluding hydrogens is 281 g/mol. The Bertz CT molecular complexity index is 543. The number of nitrogens with one attached hydrogen (secondary N) is 2. The van der Waals surface area contributed by atoms with Crippen LogP contribution < -0.4 is 15.5 Å². The first-order chi connectivity index (χ1) is 10.6. The Morgan fingerprint density at radius 3 is 2.86 bits per heavy atom. The van der Waals surface area contributed by atoms with E-state index < -0.39 is 6.17 Å². The summed E-state index contributed by atoms with van der Waals surface area (Å²) in [7, 11) is 0. The summed E-state index contributed by atoms with van der Waals surface area (Å²) in [5, 5.41) is 6.05. The smallest absolute Gasteiger partial charge is 0.253 e. The van der Waals surface area contributed by atoms with Crippen molar-refractivity contribution in [1.82, 2.24) is 10.6 Å². The van der Waals surface area contributed by atoms with Crippen molar-refractivity contribution in [3.05, 3.63) is 29.3 Å². The molecule has 22 heavy (non-hydrogen) atoms. The Balaban J connectivity index is 1.69. The minimum Gasteiger partial charge on any atom is -0.371 e. The molecule has 0 bridgehead atoms. The van der Waals surface area contributed by atoms with Gasteiger partial charge in [0.05, 0.1) is 5.56 Å². The van der Waals surface area contributed by atoms with Gasteiger partial charge in [0.15, 0.2) is 0 Å². The second-order valence-corrected chi connectivity index (χ2v) is 6.36. The van der Waals surface area contributed by atoms with Crippen LogP contribution in [0, 0.1) is 6.92 Å². The Morgan fingerprint density at radius 1 is 1.41 bits per heavy atom. The number of anilines is 1. The van der Waals surface area contributed by atoms with Crippen LogP contribution in [0.5, 0.6) is 0 Å². The average molecular weight is 305 g/mol. The molecule has 5 heteroatoms. The fraction of sp³-hybridized carbons (Fsp3) is 0.588. The van der Waals surface area contributed by atoms with Crippen molar-refractivity contribution in [2.45, 2.75) is 38.4 Å². The van der Waals surface area contributed by atoms with Gasteiger partial charge in [0.1, 0.15) is 6.17 Å². The second kappa shape index (κ2) is 6.65. The Labute approximate surface area is 131 Å². The molecule has 1 aromatic carbocycles. The molecule has 2 aliphatic heterocycles. The maximum atomic E-state index is 13.2. The lowest BCUT2D eigenvalue weighted by molar-refractivity contribution is 0.0950. The van der Waals surface area contributed by atoms with Gasteiger partial charge in [-0.1, -0.05) is 11.6 Å². The molecule has 1 aromatic rings. The van der Waals surface area contributed by atoms with Gasteiger partial charge in [0, 0.05) is 37.9 Å². The maximum Gasteiger partial charge on any atom is 0.253 e. The van der Waals surface area contributed by atoms with E-state index in [1.54, 1.807) is 0 Å². The molecule has 2 saturated heterocycles. The molecule has 0 radical (unpaired) electrons. The first kappa shape index (κ1) is 15.3. The van der Waals surface area contributed by atoms with Gasteiger partial charge < -0.3 is 15.5 Å². The second-order valence-electron chi connectivity index (χ2n) is 6.36. The summed E-state index contributed by atoms with van der Waals surface area (Å²) in [6.07, 6.45) is 2.05. The van der Waals surface area contributed by atoms with Crippen LogP contribution in [0.2, 0.25) is 0 Å². The molecule has 2 heterocycles. The van der Waals surface area contributed by atoms with Gasteiger partial charge in [0.25, 0.3) is 5.91 Å². The fourth-order valence-corrected chi connectivity index (χ4v) is 3.30. The number of hydrogen-bond donors (Lipinski definition) is 2. The van der Waals surface area contributed by atoms with E-state index in [0.29, 0.717) is 19.5 Å². The molecule has 3 rings (SSSR count). The number of halogens is 1. The quantitative estimate of drug-likeness (QED) is 0.894. The third-order valence-corrected chi connectivity index (χ3v) is 4.52. The molecule has 2 N–H and O–H groups in total. The maximum absolute atomic E-state index is 13.2. The molecule has 0 aromatic heterocycles. The number of alkyl halides is 1. The van der Waals surface area contributed by atoms with E-state index in [1.807, 2.05) is 19.1 Å². The molecule has 4 nitrogen and oxygen atoms in total. The Kier molecular flexibility index (Phi) is 4.62. The Morgan fingerprint density at radius 2 is 2.18 bits per heavy atom. The summed E-state index contributed by atoms with van der Waals surface area (Å²) in [5.41, 5.74) is 2.83. The summed E-state index contributed by atoms with van der Waals surface area (Å²) in [6, 6.07) is 6.08. The molecule has 0 spiro atoms. The number of hydrogen-bond acceptors (Lipinski definition) is 3. The van der Waals surface area contributed by atoms with Crippen LogP contribution in [0.3, 0.4) is 0 Å². The van der Waals surface area contributed by atoms with E-state index in [4.69, 9.17) is 0 Å². The highest BCUT2D eigenvalue weighted by Crippen LogP contribution is 2.25. The average Bonchev–Trinajstić information content (AvgIpc) is 3.16. The standard InChI is InChI=1S/C17H24FN3O/c1-12-4-5-16(21-6-2-3-7-21)15(8-12)17(22)20-11-14-9-13(18)10-19-14/h4-5,8,13-14,19H,2-3,6-7,9-11H2,1H3,(H,20,22)/t13-,14-/m0/s1.